The lowest BCUT2D eigenvalue weighted by Gasteiger charge is -2.30. The molecular weight excluding hydrogens is 294 g/mol. The number of nitrogens with two attached hydrogens (primary N) is 1. The zero-order chi connectivity index (χ0) is 17.0. The van der Waals surface area contributed by atoms with E-state index >= 15 is 0 Å². The second-order valence-electron chi connectivity index (χ2n) is 6.31. The van der Waals surface area contributed by atoms with Gasteiger partial charge in [-0.05, 0) is 25.0 Å². The van der Waals surface area contributed by atoms with Gasteiger partial charge in [0.05, 0.1) is 11.7 Å². The number of nitrogens with one attached hydrogen (secondary N) is 1. The maximum atomic E-state index is 12.7. The fourth-order valence-corrected chi connectivity index (χ4v) is 2.67. The van der Waals surface area contributed by atoms with Crippen molar-refractivity contribution in [1.29, 1.82) is 0 Å². The molecule has 3 atom stereocenters. The third-order valence-corrected chi connectivity index (χ3v) is 4.25. The predicted octanol–water partition coefficient (Wildman–Crippen LogP) is 1.36. The van der Waals surface area contributed by atoms with Gasteiger partial charge >= 0.3 is 0 Å². The first kappa shape index (κ1) is 17.6. The van der Waals surface area contributed by atoms with Gasteiger partial charge in [0.25, 0.3) is 5.91 Å². The molecule has 128 valence electrons. The third-order valence-electron chi connectivity index (χ3n) is 4.25. The minimum Gasteiger partial charge on any atom is -0.491 e. The summed E-state index contributed by atoms with van der Waals surface area (Å²) in [7, 11) is 3.47. The van der Waals surface area contributed by atoms with E-state index in [0.717, 1.165) is 6.54 Å². The molecule has 0 bridgehead atoms. The maximum Gasteiger partial charge on any atom is 0.257 e. The van der Waals surface area contributed by atoms with Crippen molar-refractivity contribution in [3.05, 3.63) is 23.8 Å². The summed E-state index contributed by atoms with van der Waals surface area (Å²) < 4.78 is 11.4. The van der Waals surface area contributed by atoms with Crippen LogP contribution in [0.5, 0.6) is 5.75 Å². The Hall–Kier alpha value is -1.79. The van der Waals surface area contributed by atoms with Crippen molar-refractivity contribution in [3.63, 3.8) is 0 Å². The van der Waals surface area contributed by atoms with Gasteiger partial charge in [-0.15, -0.1) is 0 Å². The highest BCUT2D eigenvalue weighted by atomic mass is 16.5. The van der Waals surface area contributed by atoms with Gasteiger partial charge in [-0.25, -0.2) is 0 Å². The predicted molar refractivity (Wildman–Crippen MR) is 90.7 cm³/mol. The molecule has 6 nitrogen and oxygen atoms in total. The molecule has 0 unspecified atom stereocenters. The molecule has 0 saturated heterocycles. The SMILES string of the molecule is CO[C@@H]1CN(C)C(=O)c2ccc(N)cc2OC[C@@H](C)NC[C@H]1C. The van der Waals surface area contributed by atoms with Crippen molar-refractivity contribution in [2.45, 2.75) is 26.0 Å². The normalized spacial score (nSPS) is 26.7. The molecule has 6 heteroatoms. The van der Waals surface area contributed by atoms with Crippen molar-refractivity contribution in [3.8, 4) is 5.75 Å². The number of ether oxygens (including phenoxy) is 2. The van der Waals surface area contributed by atoms with Gasteiger partial charge in [-0.2, -0.15) is 0 Å². The molecule has 1 heterocycles. The highest BCUT2D eigenvalue weighted by Gasteiger charge is 2.25. The maximum absolute atomic E-state index is 12.7. The number of fused-ring (bicyclic) bond motifs is 1. The first-order valence-corrected chi connectivity index (χ1v) is 7.96. The molecule has 1 amide bonds. The number of anilines is 1. The summed E-state index contributed by atoms with van der Waals surface area (Å²) >= 11 is 0. The number of likely N-dealkylation sites (N-methyl/N-ethyl adjacent to an activating group) is 1. The number of rotatable bonds is 1. The fraction of sp³-hybridized carbons (Fsp3) is 0.588. The standard InChI is InChI=1S/C17H27N3O3/c1-11-8-19-12(2)10-23-15-7-13(18)5-6-14(15)17(21)20(3)9-16(11)22-4/h5-7,11-12,16,19H,8-10,18H2,1-4H3/t11-,12-,16-/m1/s1. The minimum atomic E-state index is -0.0876. The van der Waals surface area contributed by atoms with Crippen LogP contribution in [0.25, 0.3) is 0 Å². The van der Waals surface area contributed by atoms with Crippen molar-refractivity contribution < 1.29 is 14.3 Å². The lowest BCUT2D eigenvalue weighted by atomic mass is 10.0. The number of hydrogen-bond donors (Lipinski definition) is 2. The van der Waals surface area contributed by atoms with E-state index in [1.807, 2.05) is 0 Å². The van der Waals surface area contributed by atoms with E-state index in [4.69, 9.17) is 15.2 Å². The first-order chi connectivity index (χ1) is 10.9. The summed E-state index contributed by atoms with van der Waals surface area (Å²) in [6, 6.07) is 5.31. The monoisotopic (exact) mass is 321 g/mol. The molecule has 0 aromatic heterocycles. The van der Waals surface area contributed by atoms with Crippen LogP contribution in [0.15, 0.2) is 18.2 Å². The average Bonchev–Trinajstić information content (AvgIpc) is 2.54. The van der Waals surface area contributed by atoms with Crippen molar-refractivity contribution >= 4 is 11.6 Å². The molecule has 0 saturated carbocycles. The molecule has 23 heavy (non-hydrogen) atoms. The van der Waals surface area contributed by atoms with E-state index in [2.05, 4.69) is 19.2 Å². The number of benzene rings is 1. The number of nitrogen functional groups attached to an aromatic ring is 1. The largest absolute Gasteiger partial charge is 0.491 e. The highest BCUT2D eigenvalue weighted by molar-refractivity contribution is 5.97. The molecular formula is C17H27N3O3. The molecule has 0 radical (unpaired) electrons. The van der Waals surface area contributed by atoms with Crippen LogP contribution in [0.2, 0.25) is 0 Å². The minimum absolute atomic E-state index is 0.0266. The van der Waals surface area contributed by atoms with Gasteiger partial charge in [-0.1, -0.05) is 6.92 Å². The van der Waals surface area contributed by atoms with Crippen molar-refractivity contribution in [2.75, 3.05) is 39.6 Å². The Kier molecular flexibility index (Phi) is 5.85. The highest BCUT2D eigenvalue weighted by Crippen LogP contribution is 2.24. The third kappa shape index (κ3) is 4.36. The summed E-state index contributed by atoms with van der Waals surface area (Å²) in [5.74, 6) is 0.719. The van der Waals surface area contributed by atoms with Crippen LogP contribution in [0.4, 0.5) is 5.69 Å². The topological polar surface area (TPSA) is 76.8 Å². The molecule has 1 aromatic rings. The number of amides is 1. The fourth-order valence-electron chi connectivity index (χ4n) is 2.67. The van der Waals surface area contributed by atoms with Crippen LogP contribution in [-0.2, 0) is 4.74 Å². The smallest absolute Gasteiger partial charge is 0.257 e. The van der Waals surface area contributed by atoms with Gasteiger partial charge in [0.2, 0.25) is 0 Å². The van der Waals surface area contributed by atoms with Crippen LogP contribution in [0.3, 0.4) is 0 Å². The second kappa shape index (κ2) is 7.66. The van der Waals surface area contributed by atoms with E-state index in [1.54, 1.807) is 37.3 Å². The molecule has 0 aliphatic carbocycles. The first-order valence-electron chi connectivity index (χ1n) is 7.96. The van der Waals surface area contributed by atoms with Crippen molar-refractivity contribution in [2.24, 2.45) is 5.92 Å². The summed E-state index contributed by atoms with van der Waals surface area (Å²) in [6.07, 6.45) is -0.0266. The van der Waals surface area contributed by atoms with E-state index in [-0.39, 0.29) is 24.0 Å². The second-order valence-corrected chi connectivity index (χ2v) is 6.31. The number of carbonyl (C=O) groups is 1. The molecule has 1 aromatic carbocycles. The van der Waals surface area contributed by atoms with Crippen LogP contribution in [0.1, 0.15) is 24.2 Å². The Morgan fingerprint density at radius 1 is 1.39 bits per heavy atom. The zero-order valence-electron chi connectivity index (χ0n) is 14.3. The van der Waals surface area contributed by atoms with E-state index in [0.29, 0.717) is 30.2 Å². The molecule has 2 rings (SSSR count). The Labute approximate surface area is 137 Å². The van der Waals surface area contributed by atoms with E-state index in [9.17, 15) is 4.79 Å². The molecule has 1 aliphatic heterocycles. The lowest BCUT2D eigenvalue weighted by Crippen LogP contribution is -2.44. The number of carbonyl (C=O) groups excluding carboxylic acids is 1. The van der Waals surface area contributed by atoms with Crippen LogP contribution in [-0.4, -0.2) is 56.8 Å². The zero-order valence-corrected chi connectivity index (χ0v) is 14.3. The Morgan fingerprint density at radius 3 is 2.83 bits per heavy atom. The van der Waals surface area contributed by atoms with E-state index < -0.39 is 0 Å². The van der Waals surface area contributed by atoms with Gasteiger partial charge in [0, 0.05) is 45.0 Å². The number of nitrogens with zero attached hydrogens (tertiary/aromatic N) is 1. The molecule has 3 N–H and O–H groups in total. The van der Waals surface area contributed by atoms with E-state index in [1.165, 1.54) is 0 Å². The lowest BCUT2D eigenvalue weighted by molar-refractivity contribution is 0.0281. The Balaban J connectivity index is 2.33. The number of methoxy groups -OCH3 is 1. The summed E-state index contributed by atoms with van der Waals surface area (Å²) in [4.78, 5) is 14.4. The van der Waals surface area contributed by atoms with Gasteiger partial charge in [0.15, 0.2) is 0 Å². The van der Waals surface area contributed by atoms with Crippen LogP contribution < -0.4 is 15.8 Å². The van der Waals surface area contributed by atoms with Crippen molar-refractivity contribution in [1.82, 2.24) is 10.2 Å². The van der Waals surface area contributed by atoms with Gasteiger partial charge in [0.1, 0.15) is 12.4 Å². The molecule has 0 spiro atoms. The summed E-state index contributed by atoms with van der Waals surface area (Å²) in [5.41, 5.74) is 6.94. The summed E-state index contributed by atoms with van der Waals surface area (Å²) in [6.45, 7) is 5.97. The number of hydrogen-bond acceptors (Lipinski definition) is 5. The average molecular weight is 321 g/mol. The Bertz CT molecular complexity index is 550. The molecule has 1 aliphatic rings. The Morgan fingerprint density at radius 2 is 2.13 bits per heavy atom. The quantitative estimate of drug-likeness (QED) is 0.764. The summed E-state index contributed by atoms with van der Waals surface area (Å²) in [5, 5.41) is 3.45. The van der Waals surface area contributed by atoms with Gasteiger partial charge in [-0.3, -0.25) is 4.79 Å². The van der Waals surface area contributed by atoms with Crippen LogP contribution in [0, 0.1) is 5.92 Å². The van der Waals surface area contributed by atoms with Crippen LogP contribution >= 0.6 is 0 Å². The molecule has 0 fully saturated rings. The van der Waals surface area contributed by atoms with Gasteiger partial charge < -0.3 is 25.4 Å².